The third kappa shape index (κ3) is 5.15. The SMILES string of the molecule is COc1ccc(OC)c(C2CN(C(=O)CC(C)C)CC2C(=O)NC(C)C)c1. The molecule has 2 unspecified atom stereocenters. The monoisotopic (exact) mass is 376 g/mol. The molecule has 1 heterocycles. The van der Waals surface area contributed by atoms with Crippen LogP contribution in [0.3, 0.4) is 0 Å². The van der Waals surface area contributed by atoms with Crippen molar-refractivity contribution < 1.29 is 19.1 Å². The number of rotatable bonds is 7. The number of ether oxygens (including phenoxy) is 2. The second-order valence-electron chi connectivity index (χ2n) is 7.88. The van der Waals surface area contributed by atoms with Gasteiger partial charge in [0.15, 0.2) is 0 Å². The van der Waals surface area contributed by atoms with E-state index in [1.807, 2.05) is 50.8 Å². The maximum Gasteiger partial charge on any atom is 0.225 e. The molecule has 1 saturated heterocycles. The average molecular weight is 376 g/mol. The minimum absolute atomic E-state index is 0.0280. The summed E-state index contributed by atoms with van der Waals surface area (Å²) in [5.41, 5.74) is 0.903. The lowest BCUT2D eigenvalue weighted by molar-refractivity contribution is -0.131. The molecular weight excluding hydrogens is 344 g/mol. The van der Waals surface area contributed by atoms with E-state index >= 15 is 0 Å². The molecule has 0 radical (unpaired) electrons. The summed E-state index contributed by atoms with van der Waals surface area (Å²) < 4.78 is 10.9. The first-order valence-electron chi connectivity index (χ1n) is 9.56. The number of likely N-dealkylation sites (tertiary alicyclic amines) is 1. The number of carbonyl (C=O) groups excluding carboxylic acids is 2. The van der Waals surface area contributed by atoms with Crippen LogP contribution in [0, 0.1) is 11.8 Å². The van der Waals surface area contributed by atoms with Crippen LogP contribution in [0.25, 0.3) is 0 Å². The Hall–Kier alpha value is -2.24. The molecule has 1 aromatic carbocycles. The minimum Gasteiger partial charge on any atom is -0.497 e. The Bertz CT molecular complexity index is 672. The summed E-state index contributed by atoms with van der Waals surface area (Å²) in [7, 11) is 3.23. The fraction of sp³-hybridized carbons (Fsp3) is 0.619. The predicted molar refractivity (Wildman–Crippen MR) is 105 cm³/mol. The Labute approximate surface area is 162 Å². The Morgan fingerprint density at radius 2 is 1.85 bits per heavy atom. The molecule has 2 rings (SSSR count). The molecule has 1 aliphatic heterocycles. The van der Waals surface area contributed by atoms with Crippen LogP contribution in [0.4, 0.5) is 0 Å². The van der Waals surface area contributed by atoms with Gasteiger partial charge >= 0.3 is 0 Å². The number of carbonyl (C=O) groups is 2. The highest BCUT2D eigenvalue weighted by molar-refractivity contribution is 5.83. The summed E-state index contributed by atoms with van der Waals surface area (Å²) in [6.45, 7) is 8.87. The Kier molecular flexibility index (Phi) is 7.11. The number of hydrogen-bond donors (Lipinski definition) is 1. The van der Waals surface area contributed by atoms with Crippen LogP contribution in [0.5, 0.6) is 11.5 Å². The molecule has 150 valence electrons. The Morgan fingerprint density at radius 1 is 1.15 bits per heavy atom. The number of methoxy groups -OCH3 is 2. The lowest BCUT2D eigenvalue weighted by Crippen LogP contribution is -2.39. The van der Waals surface area contributed by atoms with E-state index in [0.29, 0.717) is 31.0 Å². The number of benzene rings is 1. The van der Waals surface area contributed by atoms with E-state index in [0.717, 1.165) is 5.56 Å². The molecule has 1 fully saturated rings. The zero-order valence-electron chi connectivity index (χ0n) is 17.2. The van der Waals surface area contributed by atoms with Crippen molar-refractivity contribution in [1.82, 2.24) is 10.2 Å². The second kappa shape index (κ2) is 9.11. The van der Waals surface area contributed by atoms with Crippen molar-refractivity contribution in [2.75, 3.05) is 27.3 Å². The van der Waals surface area contributed by atoms with Crippen LogP contribution < -0.4 is 14.8 Å². The van der Waals surface area contributed by atoms with Crippen LogP contribution in [-0.2, 0) is 9.59 Å². The summed E-state index contributed by atoms with van der Waals surface area (Å²) in [5, 5.41) is 3.00. The van der Waals surface area contributed by atoms with Crippen molar-refractivity contribution in [2.24, 2.45) is 11.8 Å². The van der Waals surface area contributed by atoms with E-state index in [1.165, 1.54) is 0 Å². The molecule has 27 heavy (non-hydrogen) atoms. The van der Waals surface area contributed by atoms with Gasteiger partial charge in [-0.25, -0.2) is 0 Å². The van der Waals surface area contributed by atoms with Crippen molar-refractivity contribution in [3.05, 3.63) is 23.8 Å². The van der Waals surface area contributed by atoms with Gasteiger partial charge in [0.05, 0.1) is 20.1 Å². The quantitative estimate of drug-likeness (QED) is 0.795. The molecule has 0 aliphatic carbocycles. The van der Waals surface area contributed by atoms with Crippen molar-refractivity contribution in [1.29, 1.82) is 0 Å². The normalized spacial score (nSPS) is 19.5. The Morgan fingerprint density at radius 3 is 2.41 bits per heavy atom. The molecular formula is C21H32N2O4. The zero-order valence-corrected chi connectivity index (χ0v) is 17.2. The highest BCUT2D eigenvalue weighted by atomic mass is 16.5. The third-order valence-electron chi connectivity index (χ3n) is 4.86. The van der Waals surface area contributed by atoms with Crippen LogP contribution in [0.15, 0.2) is 18.2 Å². The van der Waals surface area contributed by atoms with E-state index in [1.54, 1.807) is 14.2 Å². The molecule has 1 aliphatic rings. The van der Waals surface area contributed by atoms with Crippen molar-refractivity contribution in [2.45, 2.75) is 46.1 Å². The van der Waals surface area contributed by atoms with Crippen LogP contribution in [0.2, 0.25) is 0 Å². The van der Waals surface area contributed by atoms with Crippen molar-refractivity contribution in [3.8, 4) is 11.5 Å². The summed E-state index contributed by atoms with van der Waals surface area (Å²) in [5.74, 6) is 1.32. The summed E-state index contributed by atoms with van der Waals surface area (Å²) in [6.07, 6.45) is 0.487. The van der Waals surface area contributed by atoms with Crippen molar-refractivity contribution >= 4 is 11.8 Å². The lowest BCUT2D eigenvalue weighted by atomic mass is 9.87. The van der Waals surface area contributed by atoms with Gasteiger partial charge in [0.25, 0.3) is 0 Å². The van der Waals surface area contributed by atoms with E-state index < -0.39 is 0 Å². The first-order valence-corrected chi connectivity index (χ1v) is 9.56. The number of hydrogen-bond acceptors (Lipinski definition) is 4. The smallest absolute Gasteiger partial charge is 0.225 e. The molecule has 0 bridgehead atoms. The number of nitrogens with one attached hydrogen (secondary N) is 1. The largest absolute Gasteiger partial charge is 0.497 e. The highest BCUT2D eigenvalue weighted by Crippen LogP contribution is 2.39. The van der Waals surface area contributed by atoms with Gasteiger partial charge < -0.3 is 19.7 Å². The molecule has 1 aromatic rings. The molecule has 0 saturated carbocycles. The minimum atomic E-state index is -0.315. The molecule has 6 heteroatoms. The summed E-state index contributed by atoms with van der Waals surface area (Å²) in [4.78, 5) is 27.3. The van der Waals surface area contributed by atoms with Crippen LogP contribution >= 0.6 is 0 Å². The van der Waals surface area contributed by atoms with Crippen molar-refractivity contribution in [3.63, 3.8) is 0 Å². The molecule has 2 atom stereocenters. The van der Waals surface area contributed by atoms with Gasteiger partial charge in [-0.3, -0.25) is 9.59 Å². The average Bonchev–Trinajstić information content (AvgIpc) is 3.05. The van der Waals surface area contributed by atoms with E-state index in [9.17, 15) is 9.59 Å². The van der Waals surface area contributed by atoms with Gasteiger partial charge in [-0.05, 0) is 38.0 Å². The number of amides is 2. The highest BCUT2D eigenvalue weighted by Gasteiger charge is 2.41. The van der Waals surface area contributed by atoms with Crippen LogP contribution in [0.1, 0.15) is 45.6 Å². The topological polar surface area (TPSA) is 67.9 Å². The van der Waals surface area contributed by atoms with Gasteiger partial charge in [-0.2, -0.15) is 0 Å². The maximum atomic E-state index is 12.9. The standard InChI is InChI=1S/C21H32N2O4/c1-13(2)9-20(24)23-11-17(18(12-23)21(25)22-14(3)4)16-10-15(26-5)7-8-19(16)27-6/h7-8,10,13-14,17-18H,9,11-12H2,1-6H3,(H,22,25). The van der Waals surface area contributed by atoms with Gasteiger partial charge in [0, 0.05) is 37.0 Å². The van der Waals surface area contributed by atoms with Crippen LogP contribution in [-0.4, -0.2) is 50.1 Å². The van der Waals surface area contributed by atoms with Gasteiger partial charge in [-0.15, -0.1) is 0 Å². The molecule has 0 aromatic heterocycles. The molecule has 6 nitrogen and oxygen atoms in total. The summed E-state index contributed by atoms with van der Waals surface area (Å²) >= 11 is 0. The Balaban J connectivity index is 2.37. The van der Waals surface area contributed by atoms with E-state index in [2.05, 4.69) is 5.32 Å². The lowest BCUT2D eigenvalue weighted by Gasteiger charge is -2.22. The summed E-state index contributed by atoms with van der Waals surface area (Å²) in [6, 6.07) is 5.65. The van der Waals surface area contributed by atoms with Gasteiger partial charge in [-0.1, -0.05) is 13.8 Å². The first-order chi connectivity index (χ1) is 12.8. The van der Waals surface area contributed by atoms with Gasteiger partial charge in [0.2, 0.25) is 11.8 Å². The first kappa shape index (κ1) is 21.1. The van der Waals surface area contributed by atoms with E-state index in [-0.39, 0.29) is 35.6 Å². The molecule has 1 N–H and O–H groups in total. The third-order valence-corrected chi connectivity index (χ3v) is 4.86. The molecule has 0 spiro atoms. The maximum absolute atomic E-state index is 12.9. The zero-order chi connectivity index (χ0) is 20.1. The fourth-order valence-corrected chi connectivity index (χ4v) is 3.59. The second-order valence-corrected chi connectivity index (χ2v) is 7.88. The van der Waals surface area contributed by atoms with E-state index in [4.69, 9.17) is 9.47 Å². The van der Waals surface area contributed by atoms with Gasteiger partial charge in [0.1, 0.15) is 11.5 Å². The predicted octanol–water partition coefficient (Wildman–Crippen LogP) is 2.82. The number of nitrogens with zero attached hydrogens (tertiary/aromatic N) is 1. The fourth-order valence-electron chi connectivity index (χ4n) is 3.59. The molecule has 2 amide bonds.